The highest BCUT2D eigenvalue weighted by atomic mass is 35.5. The highest BCUT2D eigenvalue weighted by molar-refractivity contribution is 7.08. The van der Waals surface area contributed by atoms with Gasteiger partial charge in [0.2, 0.25) is 11.8 Å². The van der Waals surface area contributed by atoms with Crippen molar-refractivity contribution in [2.45, 2.75) is 63.2 Å². The Hall–Kier alpha value is -3.07. The molecule has 1 atom stereocenters. The van der Waals surface area contributed by atoms with E-state index in [4.69, 9.17) is 17.3 Å². The van der Waals surface area contributed by atoms with E-state index in [-0.39, 0.29) is 47.3 Å². The monoisotopic (exact) mass is 723 g/mol. The zero-order chi connectivity index (χ0) is 34.9. The number of nitrogens with one attached hydrogen (secondary N) is 1. The molecule has 10 nitrogen and oxygen atoms in total. The minimum Gasteiger partial charge on any atom is -0.397 e. The summed E-state index contributed by atoms with van der Waals surface area (Å²) >= 11 is 7.71. The van der Waals surface area contributed by atoms with Gasteiger partial charge in [-0.15, -0.1) is 11.3 Å². The van der Waals surface area contributed by atoms with Gasteiger partial charge in [-0.1, -0.05) is 11.6 Å². The topological polar surface area (TPSA) is 105 Å². The first kappa shape index (κ1) is 35.7. The number of nitrogens with two attached hydrogens (primary N) is 1. The highest BCUT2D eigenvalue weighted by Gasteiger charge is 2.38. The molecule has 15 heteroatoms. The average Bonchev–Trinajstić information content (AvgIpc) is 3.45. The molecule has 1 aromatic heterocycles. The fraction of sp³-hybridized carbons (Fsp3) is 0.618. The zero-order valence-corrected chi connectivity index (χ0v) is 29.4. The minimum atomic E-state index is -4.72. The van der Waals surface area contributed by atoms with E-state index >= 15 is 0 Å². The molecule has 0 aliphatic carbocycles. The number of amides is 4. The Bertz CT molecular complexity index is 1520. The number of alkyl halides is 3. The van der Waals surface area contributed by atoms with E-state index in [9.17, 15) is 27.6 Å². The van der Waals surface area contributed by atoms with Crippen molar-refractivity contribution in [3.8, 4) is 0 Å². The molecular formula is C34H45ClF3N7O3S. The van der Waals surface area contributed by atoms with Crippen molar-refractivity contribution in [1.82, 2.24) is 24.5 Å². The van der Waals surface area contributed by atoms with Crippen molar-refractivity contribution in [3.05, 3.63) is 44.6 Å². The Morgan fingerprint density at radius 3 is 2.29 bits per heavy atom. The lowest BCUT2D eigenvalue weighted by Crippen LogP contribution is -2.53. The summed E-state index contributed by atoms with van der Waals surface area (Å²) in [6.45, 7) is 6.51. The van der Waals surface area contributed by atoms with Gasteiger partial charge in [0.1, 0.15) is 0 Å². The van der Waals surface area contributed by atoms with Crippen LogP contribution in [0.2, 0.25) is 5.02 Å². The SMILES string of the molecule is CN1CCN(C2CCN(C(=O)[C@H](CC(=O)N3CCC(N4CCc5cscc5NC4=O)CC3)Cc3cc(Cl)c(N)c(C(F)(F)F)c3)CC2)CC1. The number of halogens is 4. The lowest BCUT2D eigenvalue weighted by molar-refractivity contribution is -0.143. The number of benzene rings is 1. The number of piperidine rings is 2. The quantitative estimate of drug-likeness (QED) is 0.396. The zero-order valence-electron chi connectivity index (χ0n) is 27.8. The van der Waals surface area contributed by atoms with Gasteiger partial charge in [-0.25, -0.2) is 4.79 Å². The van der Waals surface area contributed by atoms with Gasteiger partial charge < -0.3 is 30.7 Å². The van der Waals surface area contributed by atoms with E-state index in [1.807, 2.05) is 10.3 Å². The lowest BCUT2D eigenvalue weighted by Gasteiger charge is -2.42. The average molecular weight is 724 g/mol. The van der Waals surface area contributed by atoms with Crippen LogP contribution in [-0.2, 0) is 28.6 Å². The molecule has 2 aromatic rings. The largest absolute Gasteiger partial charge is 0.418 e. The van der Waals surface area contributed by atoms with Crippen molar-refractivity contribution >= 4 is 52.2 Å². The molecule has 3 saturated heterocycles. The summed E-state index contributed by atoms with van der Waals surface area (Å²) in [5.74, 6) is -1.31. The van der Waals surface area contributed by atoms with E-state index in [1.165, 1.54) is 6.07 Å². The summed E-state index contributed by atoms with van der Waals surface area (Å²) in [5.41, 5.74) is 6.27. The maximum Gasteiger partial charge on any atom is 0.418 e. The summed E-state index contributed by atoms with van der Waals surface area (Å²) in [7, 11) is 2.11. The Labute approximate surface area is 294 Å². The molecule has 3 fully saturated rings. The Balaban J connectivity index is 1.12. The predicted molar refractivity (Wildman–Crippen MR) is 185 cm³/mol. The van der Waals surface area contributed by atoms with Crippen molar-refractivity contribution in [3.63, 3.8) is 0 Å². The highest BCUT2D eigenvalue weighted by Crippen LogP contribution is 2.39. The molecular weight excluding hydrogens is 679 g/mol. The standard InChI is InChI=1S/C34H45ClF3N7O3S/c1-41-12-14-42(15-13-41)25-3-9-44(10-4-25)32(47)24(16-22-17-27(34(36,37)38)31(39)28(35)18-22)19-30(46)43-7-5-26(6-8-43)45-11-2-23-20-49-21-29(23)40-33(45)48/h17-18,20-21,24-26H,2-16,19,39H2,1H3,(H,40,48)/t24-/m0/s1. The van der Waals surface area contributed by atoms with E-state index < -0.39 is 23.3 Å². The number of rotatable bonds is 7. The fourth-order valence-electron chi connectivity index (χ4n) is 7.73. The van der Waals surface area contributed by atoms with Gasteiger partial charge in [0.25, 0.3) is 0 Å². The number of hydrogen-bond donors (Lipinski definition) is 2. The van der Waals surface area contributed by atoms with Crippen LogP contribution in [0.1, 0.15) is 48.8 Å². The van der Waals surface area contributed by atoms with Crippen LogP contribution in [0.15, 0.2) is 22.9 Å². The molecule has 268 valence electrons. The number of nitrogens with zero attached hydrogens (tertiary/aromatic N) is 5. The van der Waals surface area contributed by atoms with Gasteiger partial charge in [0, 0.05) is 82.8 Å². The Morgan fingerprint density at radius 2 is 1.61 bits per heavy atom. The first-order chi connectivity index (χ1) is 23.4. The summed E-state index contributed by atoms with van der Waals surface area (Å²) in [6, 6.07) is 2.54. The number of carbonyl (C=O) groups excluding carboxylic acids is 3. The molecule has 3 N–H and O–H groups in total. The van der Waals surface area contributed by atoms with E-state index in [1.54, 1.807) is 21.1 Å². The number of likely N-dealkylation sites (tertiary alicyclic amines) is 2. The van der Waals surface area contributed by atoms with Crippen molar-refractivity contribution < 1.29 is 27.6 Å². The fourth-order valence-corrected chi connectivity index (χ4v) is 8.79. The summed E-state index contributed by atoms with van der Waals surface area (Å²) in [6.07, 6.45) is -1.32. The molecule has 0 saturated carbocycles. The summed E-state index contributed by atoms with van der Waals surface area (Å²) in [4.78, 5) is 51.0. The molecule has 5 heterocycles. The van der Waals surface area contributed by atoms with E-state index in [2.05, 4.69) is 27.5 Å². The van der Waals surface area contributed by atoms with E-state index in [0.717, 1.165) is 62.8 Å². The number of anilines is 2. The Morgan fingerprint density at radius 1 is 0.959 bits per heavy atom. The van der Waals surface area contributed by atoms with Crippen LogP contribution < -0.4 is 11.1 Å². The van der Waals surface area contributed by atoms with Gasteiger partial charge in [0.15, 0.2) is 0 Å². The summed E-state index contributed by atoms with van der Waals surface area (Å²) < 4.78 is 41.4. The number of carbonyl (C=O) groups is 3. The summed E-state index contributed by atoms with van der Waals surface area (Å²) in [5, 5.41) is 6.76. The van der Waals surface area contributed by atoms with Crippen LogP contribution in [0, 0.1) is 5.92 Å². The number of thiophene rings is 1. The molecule has 4 amide bonds. The molecule has 0 radical (unpaired) electrons. The smallest absolute Gasteiger partial charge is 0.397 e. The van der Waals surface area contributed by atoms with E-state index in [0.29, 0.717) is 51.6 Å². The van der Waals surface area contributed by atoms with Gasteiger partial charge >= 0.3 is 12.2 Å². The van der Waals surface area contributed by atoms with Crippen LogP contribution in [0.3, 0.4) is 0 Å². The minimum absolute atomic E-state index is 0.0199. The van der Waals surface area contributed by atoms with Gasteiger partial charge in [-0.3, -0.25) is 14.5 Å². The number of piperazine rings is 1. The Kier molecular flexibility index (Phi) is 11.0. The number of fused-ring (bicyclic) bond motifs is 1. The molecule has 0 bridgehead atoms. The third kappa shape index (κ3) is 8.29. The van der Waals surface area contributed by atoms with Crippen LogP contribution in [-0.4, -0.2) is 120 Å². The lowest BCUT2D eigenvalue weighted by atomic mass is 9.91. The molecule has 4 aliphatic heterocycles. The first-order valence-electron chi connectivity index (χ1n) is 17.1. The number of likely N-dealkylation sites (N-methyl/N-ethyl adjacent to an activating group) is 1. The number of nitrogen functional groups attached to an aromatic ring is 1. The van der Waals surface area contributed by atoms with Crippen LogP contribution in [0.25, 0.3) is 0 Å². The molecule has 0 unspecified atom stereocenters. The maximum atomic E-state index is 14.1. The molecule has 49 heavy (non-hydrogen) atoms. The second-order valence-corrected chi connectivity index (χ2v) is 15.0. The van der Waals surface area contributed by atoms with Crippen LogP contribution >= 0.6 is 22.9 Å². The predicted octanol–water partition coefficient (Wildman–Crippen LogP) is 4.87. The normalized spacial score (nSPS) is 21.3. The number of urea groups is 1. The second kappa shape index (κ2) is 15.0. The van der Waals surface area contributed by atoms with Crippen LogP contribution in [0.5, 0.6) is 0 Å². The third-order valence-electron chi connectivity index (χ3n) is 10.7. The molecule has 0 spiro atoms. The van der Waals surface area contributed by atoms with Gasteiger partial charge in [0.05, 0.1) is 27.9 Å². The van der Waals surface area contributed by atoms with Gasteiger partial charge in [-0.05, 0) is 74.2 Å². The van der Waals surface area contributed by atoms with Crippen molar-refractivity contribution in [2.24, 2.45) is 5.92 Å². The first-order valence-corrected chi connectivity index (χ1v) is 18.5. The maximum absolute atomic E-state index is 14.1. The third-order valence-corrected chi connectivity index (χ3v) is 11.8. The number of hydrogen-bond acceptors (Lipinski definition) is 7. The van der Waals surface area contributed by atoms with Crippen LogP contribution in [0.4, 0.5) is 29.3 Å². The van der Waals surface area contributed by atoms with Crippen molar-refractivity contribution in [1.29, 1.82) is 0 Å². The molecule has 6 rings (SSSR count). The molecule has 4 aliphatic rings. The second-order valence-electron chi connectivity index (χ2n) is 13.8. The van der Waals surface area contributed by atoms with Gasteiger partial charge in [-0.2, -0.15) is 13.2 Å². The molecule has 1 aromatic carbocycles. The van der Waals surface area contributed by atoms with Crippen molar-refractivity contribution in [2.75, 3.05) is 77.0 Å².